The first-order valence-electron chi connectivity index (χ1n) is 10.6. The van der Waals surface area contributed by atoms with Crippen LogP contribution in [0.3, 0.4) is 0 Å². The van der Waals surface area contributed by atoms with Crippen LogP contribution in [0.5, 0.6) is 11.5 Å². The Bertz CT molecular complexity index is 1060. The normalized spacial score (nSPS) is 16.4. The predicted molar refractivity (Wildman–Crippen MR) is 116 cm³/mol. The van der Waals surface area contributed by atoms with Gasteiger partial charge in [-0.2, -0.15) is 0 Å². The molecule has 0 N–H and O–H groups in total. The van der Waals surface area contributed by atoms with Crippen LogP contribution in [0.25, 0.3) is 0 Å². The number of likely N-dealkylation sites (tertiary alicyclic amines) is 1. The lowest BCUT2D eigenvalue weighted by Gasteiger charge is -2.35. The molecule has 1 fully saturated rings. The molecule has 2 heterocycles. The van der Waals surface area contributed by atoms with Gasteiger partial charge < -0.3 is 14.4 Å². The van der Waals surface area contributed by atoms with E-state index in [9.17, 15) is 18.8 Å². The van der Waals surface area contributed by atoms with Crippen molar-refractivity contribution < 1.29 is 28.2 Å². The zero-order valence-electron chi connectivity index (χ0n) is 18.1. The zero-order chi connectivity index (χ0) is 22.8. The van der Waals surface area contributed by atoms with Crippen molar-refractivity contribution in [2.45, 2.75) is 32.7 Å². The number of nitrogens with zero attached hydrogens (tertiary/aromatic N) is 2. The van der Waals surface area contributed by atoms with E-state index in [1.807, 2.05) is 0 Å². The van der Waals surface area contributed by atoms with Gasteiger partial charge >= 0.3 is 0 Å². The predicted octanol–water partition coefficient (Wildman–Crippen LogP) is 3.13. The van der Waals surface area contributed by atoms with Gasteiger partial charge in [-0.3, -0.25) is 19.3 Å². The zero-order valence-corrected chi connectivity index (χ0v) is 18.1. The Morgan fingerprint density at radius 2 is 1.91 bits per heavy atom. The highest BCUT2D eigenvalue weighted by atomic mass is 19.1. The Kier molecular flexibility index (Phi) is 6.12. The highest BCUT2D eigenvalue weighted by Crippen LogP contribution is 2.35. The standard InChI is InChI=1S/C24H25FN2O5/c1-15-5-7-18(25)22(11-15)31-13-20(28)17-6-8-21-19(12-17)27(23(29)14-32-21)16(2)24(30)26-9-3-4-10-26/h5-8,11-12,16H,3-4,9-10,13-14H2,1-2H3/t16-/m1/s1. The number of rotatable bonds is 6. The second-order valence-electron chi connectivity index (χ2n) is 8.09. The minimum atomic E-state index is -0.716. The molecule has 2 aliphatic heterocycles. The fraction of sp³-hybridized carbons (Fsp3) is 0.375. The molecule has 0 saturated carbocycles. The van der Waals surface area contributed by atoms with E-state index in [2.05, 4.69) is 0 Å². The molecule has 0 unspecified atom stereocenters. The molecule has 2 amide bonds. The molecule has 0 spiro atoms. The summed E-state index contributed by atoms with van der Waals surface area (Å²) in [4.78, 5) is 41.5. The number of ketones is 1. The van der Waals surface area contributed by atoms with E-state index in [0.717, 1.165) is 18.4 Å². The molecule has 1 saturated heterocycles. The van der Waals surface area contributed by atoms with Gasteiger partial charge in [0.15, 0.2) is 30.6 Å². The Balaban J connectivity index is 1.55. The largest absolute Gasteiger partial charge is 0.482 e. The molecular weight excluding hydrogens is 415 g/mol. The summed E-state index contributed by atoms with van der Waals surface area (Å²) in [6, 6.07) is 8.40. The molecule has 2 aliphatic rings. The maximum Gasteiger partial charge on any atom is 0.265 e. The molecule has 2 aromatic rings. The summed E-state index contributed by atoms with van der Waals surface area (Å²) in [7, 11) is 0. The molecule has 168 valence electrons. The van der Waals surface area contributed by atoms with Gasteiger partial charge in [0.1, 0.15) is 11.8 Å². The number of carbonyl (C=O) groups excluding carboxylic acids is 3. The quantitative estimate of drug-likeness (QED) is 0.645. The van der Waals surface area contributed by atoms with Crippen molar-refractivity contribution in [2.24, 2.45) is 0 Å². The van der Waals surface area contributed by atoms with Crippen molar-refractivity contribution in [2.75, 3.05) is 31.2 Å². The summed E-state index contributed by atoms with van der Waals surface area (Å²) in [5.41, 5.74) is 1.46. The summed E-state index contributed by atoms with van der Waals surface area (Å²) in [5.74, 6) is -0.980. The van der Waals surface area contributed by atoms with E-state index in [0.29, 0.717) is 24.5 Å². The summed E-state index contributed by atoms with van der Waals surface area (Å²) in [6.07, 6.45) is 1.90. The first kappa shape index (κ1) is 21.8. The number of halogens is 1. The summed E-state index contributed by atoms with van der Waals surface area (Å²) in [6.45, 7) is 4.31. The van der Waals surface area contributed by atoms with E-state index in [1.54, 1.807) is 36.9 Å². The van der Waals surface area contributed by atoms with Crippen LogP contribution in [-0.2, 0) is 9.59 Å². The SMILES string of the molecule is Cc1ccc(F)c(OCC(=O)c2ccc3c(c2)N([C@H](C)C(=O)N2CCCC2)C(=O)CO3)c1. The maximum atomic E-state index is 13.9. The third kappa shape index (κ3) is 4.30. The molecule has 4 rings (SSSR count). The van der Waals surface area contributed by atoms with Crippen LogP contribution >= 0.6 is 0 Å². The van der Waals surface area contributed by atoms with Crippen LogP contribution in [0, 0.1) is 12.7 Å². The second kappa shape index (κ2) is 8.98. The van der Waals surface area contributed by atoms with Crippen LogP contribution in [0.4, 0.5) is 10.1 Å². The lowest BCUT2D eigenvalue weighted by Crippen LogP contribution is -2.52. The third-order valence-electron chi connectivity index (χ3n) is 5.77. The van der Waals surface area contributed by atoms with Crippen molar-refractivity contribution in [3.05, 3.63) is 53.3 Å². The molecule has 0 radical (unpaired) electrons. The highest BCUT2D eigenvalue weighted by Gasteiger charge is 2.36. The first-order chi connectivity index (χ1) is 15.3. The molecule has 2 aromatic carbocycles. The molecule has 1 atom stereocenters. The molecular formula is C24H25FN2O5. The van der Waals surface area contributed by atoms with Crippen molar-refractivity contribution in [3.8, 4) is 11.5 Å². The smallest absolute Gasteiger partial charge is 0.265 e. The Morgan fingerprint density at radius 1 is 1.16 bits per heavy atom. The lowest BCUT2D eigenvalue weighted by molar-refractivity contribution is -0.133. The van der Waals surface area contributed by atoms with E-state index in [4.69, 9.17) is 9.47 Å². The van der Waals surface area contributed by atoms with E-state index >= 15 is 0 Å². The first-order valence-corrected chi connectivity index (χ1v) is 10.6. The van der Waals surface area contributed by atoms with Crippen LogP contribution in [0.15, 0.2) is 36.4 Å². The molecule has 0 bridgehead atoms. The number of fused-ring (bicyclic) bond motifs is 1. The number of benzene rings is 2. The maximum absolute atomic E-state index is 13.9. The number of carbonyl (C=O) groups is 3. The number of anilines is 1. The molecule has 0 aliphatic carbocycles. The number of Topliss-reactive ketones (excluding diaryl/α,β-unsaturated/α-hetero) is 1. The van der Waals surface area contributed by atoms with Gasteiger partial charge in [0.05, 0.1) is 5.69 Å². The fourth-order valence-electron chi connectivity index (χ4n) is 4.03. The van der Waals surface area contributed by atoms with Gasteiger partial charge in [-0.15, -0.1) is 0 Å². The summed E-state index contributed by atoms with van der Waals surface area (Å²) in [5, 5.41) is 0. The number of hydrogen-bond acceptors (Lipinski definition) is 5. The second-order valence-corrected chi connectivity index (χ2v) is 8.09. The van der Waals surface area contributed by atoms with Gasteiger partial charge in [-0.1, -0.05) is 6.07 Å². The van der Waals surface area contributed by atoms with Gasteiger partial charge in [0, 0.05) is 18.7 Å². The fourth-order valence-corrected chi connectivity index (χ4v) is 4.03. The van der Waals surface area contributed by atoms with Gasteiger partial charge in [0.25, 0.3) is 5.91 Å². The highest BCUT2D eigenvalue weighted by molar-refractivity contribution is 6.05. The number of hydrogen-bond donors (Lipinski definition) is 0. The van der Waals surface area contributed by atoms with Gasteiger partial charge in [0.2, 0.25) is 5.91 Å². The third-order valence-corrected chi connectivity index (χ3v) is 5.77. The Labute approximate surface area is 185 Å². The summed E-state index contributed by atoms with van der Waals surface area (Å²) < 4.78 is 24.8. The minimum Gasteiger partial charge on any atom is -0.482 e. The van der Waals surface area contributed by atoms with E-state index < -0.39 is 11.9 Å². The Morgan fingerprint density at radius 3 is 2.66 bits per heavy atom. The van der Waals surface area contributed by atoms with Crippen LogP contribution in [-0.4, -0.2) is 54.8 Å². The Hall–Kier alpha value is -3.42. The molecule has 0 aromatic heterocycles. The number of aryl methyl sites for hydroxylation is 1. The van der Waals surface area contributed by atoms with Gasteiger partial charge in [-0.25, -0.2) is 4.39 Å². The van der Waals surface area contributed by atoms with Gasteiger partial charge in [-0.05, 0) is 62.6 Å². The topological polar surface area (TPSA) is 76.2 Å². The number of ether oxygens (including phenoxy) is 2. The van der Waals surface area contributed by atoms with E-state index in [-0.39, 0.29) is 42.1 Å². The van der Waals surface area contributed by atoms with Crippen LogP contribution < -0.4 is 14.4 Å². The molecule has 32 heavy (non-hydrogen) atoms. The average Bonchev–Trinajstić information content (AvgIpc) is 3.33. The molecule has 7 nitrogen and oxygen atoms in total. The monoisotopic (exact) mass is 440 g/mol. The van der Waals surface area contributed by atoms with Crippen LogP contribution in [0.1, 0.15) is 35.7 Å². The van der Waals surface area contributed by atoms with Crippen molar-refractivity contribution >= 4 is 23.3 Å². The average molecular weight is 440 g/mol. The number of amides is 2. The van der Waals surface area contributed by atoms with Crippen LogP contribution in [0.2, 0.25) is 0 Å². The van der Waals surface area contributed by atoms with Crippen molar-refractivity contribution in [1.82, 2.24) is 4.90 Å². The minimum absolute atomic E-state index is 0.00118. The van der Waals surface area contributed by atoms with E-state index in [1.165, 1.54) is 23.1 Å². The summed E-state index contributed by atoms with van der Waals surface area (Å²) >= 11 is 0. The molecule has 8 heteroatoms. The lowest BCUT2D eigenvalue weighted by atomic mass is 10.1. The van der Waals surface area contributed by atoms with Crippen molar-refractivity contribution in [1.29, 1.82) is 0 Å². The van der Waals surface area contributed by atoms with Crippen molar-refractivity contribution in [3.63, 3.8) is 0 Å².